The number of amides is 1. The van der Waals surface area contributed by atoms with Crippen LogP contribution in [0.25, 0.3) is 0 Å². The van der Waals surface area contributed by atoms with Gasteiger partial charge in [0.15, 0.2) is 6.10 Å². The molecule has 1 unspecified atom stereocenters. The lowest BCUT2D eigenvalue weighted by Crippen LogP contribution is -2.63. The van der Waals surface area contributed by atoms with Gasteiger partial charge in [-0.15, -0.1) is 0 Å². The first kappa shape index (κ1) is 22.4. The molecule has 0 radical (unpaired) electrons. The summed E-state index contributed by atoms with van der Waals surface area (Å²) in [4.78, 5) is 18.4. The third-order valence-corrected chi connectivity index (χ3v) is 5.30. The lowest BCUT2D eigenvalue weighted by atomic mass is 9.80. The summed E-state index contributed by atoms with van der Waals surface area (Å²) >= 11 is 0. The average Bonchev–Trinajstić information content (AvgIpc) is 2.45. The van der Waals surface area contributed by atoms with Crippen LogP contribution in [0.4, 0.5) is 0 Å². The minimum Gasteiger partial charge on any atom is -0.393 e. The Morgan fingerprint density at radius 2 is 1.80 bits per heavy atom. The number of hydrogen-bond donors (Lipinski definition) is 2. The maximum atomic E-state index is 12.4. The van der Waals surface area contributed by atoms with Crippen LogP contribution in [0.1, 0.15) is 60.8 Å². The minimum absolute atomic E-state index is 0.0838. The van der Waals surface area contributed by atoms with Gasteiger partial charge in [0.1, 0.15) is 0 Å². The van der Waals surface area contributed by atoms with Gasteiger partial charge in [0.2, 0.25) is 0 Å². The van der Waals surface area contributed by atoms with Gasteiger partial charge in [0.05, 0.1) is 33.3 Å². The quantitative estimate of drug-likeness (QED) is 0.514. The molecule has 0 saturated carbocycles. The predicted molar refractivity (Wildman–Crippen MR) is 101 cm³/mol. The molecule has 1 saturated heterocycles. The summed E-state index contributed by atoms with van der Waals surface area (Å²) in [6.07, 6.45) is 1.33. The predicted octanol–water partition coefficient (Wildman–Crippen LogP) is 1.92. The monoisotopic (exact) mass is 358 g/mol. The van der Waals surface area contributed by atoms with Gasteiger partial charge in [-0.3, -0.25) is 9.63 Å². The van der Waals surface area contributed by atoms with Crippen LogP contribution in [-0.2, 0) is 9.63 Å². The molecular formula is C19H40N3O3+. The zero-order valence-corrected chi connectivity index (χ0v) is 17.6. The van der Waals surface area contributed by atoms with E-state index in [9.17, 15) is 9.90 Å². The van der Waals surface area contributed by atoms with Crippen molar-refractivity contribution in [3.8, 4) is 0 Å². The normalized spacial score (nSPS) is 22.6. The van der Waals surface area contributed by atoms with E-state index in [1.165, 1.54) is 0 Å². The van der Waals surface area contributed by atoms with Gasteiger partial charge in [0, 0.05) is 24.0 Å². The summed E-state index contributed by atoms with van der Waals surface area (Å²) in [6.45, 7) is 14.9. The fourth-order valence-electron chi connectivity index (χ4n) is 3.72. The van der Waals surface area contributed by atoms with Gasteiger partial charge in [-0.2, -0.15) is 5.06 Å². The molecule has 25 heavy (non-hydrogen) atoms. The molecule has 0 aromatic rings. The molecule has 1 heterocycles. The highest BCUT2D eigenvalue weighted by atomic mass is 16.7. The van der Waals surface area contributed by atoms with Gasteiger partial charge >= 0.3 is 0 Å². The molecule has 0 aliphatic carbocycles. The number of nitrogens with zero attached hydrogens (tertiary/aromatic N) is 2. The Kier molecular flexibility index (Phi) is 7.45. The maximum Gasteiger partial charge on any atom is 0.250 e. The summed E-state index contributed by atoms with van der Waals surface area (Å²) in [5, 5.41) is 15.0. The van der Waals surface area contributed by atoms with Gasteiger partial charge in [0.25, 0.3) is 5.91 Å². The number of aliphatic hydroxyl groups is 1. The molecule has 0 aromatic heterocycles. The Hall–Kier alpha value is -0.690. The second-order valence-corrected chi connectivity index (χ2v) is 9.35. The molecule has 6 nitrogen and oxygen atoms in total. The minimum atomic E-state index is -0.553. The molecule has 148 valence electrons. The van der Waals surface area contributed by atoms with Crippen LogP contribution in [0, 0.1) is 0 Å². The summed E-state index contributed by atoms with van der Waals surface area (Å²) in [6, 6.07) is 0. The van der Waals surface area contributed by atoms with Crippen molar-refractivity contribution in [1.29, 1.82) is 0 Å². The van der Waals surface area contributed by atoms with E-state index in [0.29, 0.717) is 19.4 Å². The summed E-state index contributed by atoms with van der Waals surface area (Å²) in [5.41, 5.74) is -0.642. The Morgan fingerprint density at radius 3 is 2.28 bits per heavy atom. The van der Waals surface area contributed by atoms with Crippen LogP contribution in [0.15, 0.2) is 0 Å². The van der Waals surface area contributed by atoms with Gasteiger partial charge in [-0.05, 0) is 54.4 Å². The SMILES string of the molecule is CC[N+](C)(C)CCCNC(=O)C(C)ON1C(C)(C)CC(O)CC1(C)C. The van der Waals surface area contributed by atoms with Crippen molar-refractivity contribution in [3.05, 3.63) is 0 Å². The van der Waals surface area contributed by atoms with Crippen molar-refractivity contribution in [3.63, 3.8) is 0 Å². The smallest absolute Gasteiger partial charge is 0.250 e. The highest BCUT2D eigenvalue weighted by Gasteiger charge is 2.47. The van der Waals surface area contributed by atoms with Crippen molar-refractivity contribution < 1.29 is 19.2 Å². The van der Waals surface area contributed by atoms with E-state index >= 15 is 0 Å². The molecule has 1 aliphatic heterocycles. The average molecular weight is 359 g/mol. The number of piperidine rings is 1. The van der Waals surface area contributed by atoms with Crippen molar-refractivity contribution in [2.75, 3.05) is 33.7 Å². The molecule has 1 rings (SSSR count). The van der Waals surface area contributed by atoms with Crippen LogP contribution >= 0.6 is 0 Å². The number of nitrogens with one attached hydrogen (secondary N) is 1. The zero-order valence-electron chi connectivity index (χ0n) is 17.6. The molecule has 6 heteroatoms. The Labute approximate surface area is 154 Å². The van der Waals surface area contributed by atoms with E-state index < -0.39 is 6.10 Å². The van der Waals surface area contributed by atoms with Gasteiger partial charge in [-0.1, -0.05) is 0 Å². The summed E-state index contributed by atoms with van der Waals surface area (Å²) < 4.78 is 0.959. The molecular weight excluding hydrogens is 318 g/mol. The van der Waals surface area contributed by atoms with E-state index in [2.05, 4.69) is 26.3 Å². The second kappa shape index (κ2) is 8.33. The van der Waals surface area contributed by atoms with Gasteiger partial charge < -0.3 is 14.9 Å². The molecule has 0 spiro atoms. The fourth-order valence-corrected chi connectivity index (χ4v) is 3.72. The standard InChI is InChI=1S/C19H39N3O3/c1-9-22(7,8)12-10-11-20-17(24)15(2)25-21-18(3,4)13-16(23)14-19(21,5)6/h15-16,23H,9-14H2,1-8H3/p+1. The third kappa shape index (κ3) is 6.51. The van der Waals surface area contributed by atoms with Crippen LogP contribution in [-0.4, -0.2) is 77.6 Å². The third-order valence-electron chi connectivity index (χ3n) is 5.30. The van der Waals surface area contributed by atoms with E-state index in [-0.39, 0.29) is 23.1 Å². The maximum absolute atomic E-state index is 12.4. The van der Waals surface area contributed by atoms with E-state index in [0.717, 1.165) is 24.0 Å². The lowest BCUT2D eigenvalue weighted by Gasteiger charge is -2.53. The molecule has 1 aliphatic rings. The van der Waals surface area contributed by atoms with Crippen LogP contribution in [0.2, 0.25) is 0 Å². The number of hydroxylamine groups is 2. The van der Waals surface area contributed by atoms with E-state index in [4.69, 9.17) is 4.84 Å². The number of rotatable bonds is 8. The molecule has 0 aromatic carbocycles. The van der Waals surface area contributed by atoms with Crippen LogP contribution in [0.5, 0.6) is 0 Å². The van der Waals surface area contributed by atoms with Crippen molar-refractivity contribution in [1.82, 2.24) is 10.4 Å². The van der Waals surface area contributed by atoms with Crippen molar-refractivity contribution >= 4 is 5.91 Å². The largest absolute Gasteiger partial charge is 0.393 e. The van der Waals surface area contributed by atoms with Crippen molar-refractivity contribution in [2.45, 2.75) is 84.1 Å². The first-order chi connectivity index (χ1) is 11.3. The van der Waals surface area contributed by atoms with Crippen molar-refractivity contribution in [2.24, 2.45) is 0 Å². The van der Waals surface area contributed by atoms with Crippen LogP contribution in [0.3, 0.4) is 0 Å². The first-order valence-corrected chi connectivity index (χ1v) is 9.55. The second-order valence-electron chi connectivity index (χ2n) is 9.35. The molecule has 1 fully saturated rings. The number of aliphatic hydroxyl groups excluding tert-OH is 1. The summed E-state index contributed by atoms with van der Waals surface area (Å²) in [7, 11) is 4.39. The number of hydrogen-bond acceptors (Lipinski definition) is 4. The number of carbonyl (C=O) groups is 1. The Balaban J connectivity index is 2.53. The highest BCUT2D eigenvalue weighted by molar-refractivity contribution is 5.80. The van der Waals surface area contributed by atoms with Gasteiger partial charge in [-0.25, -0.2) is 0 Å². The molecule has 2 N–H and O–H groups in total. The topological polar surface area (TPSA) is 61.8 Å². The Morgan fingerprint density at radius 1 is 1.28 bits per heavy atom. The number of quaternary nitrogens is 1. The zero-order chi connectivity index (χ0) is 19.5. The highest BCUT2D eigenvalue weighted by Crippen LogP contribution is 2.39. The Bertz CT molecular complexity index is 431. The lowest BCUT2D eigenvalue weighted by molar-refractivity contribution is -0.888. The van der Waals surface area contributed by atoms with Crippen LogP contribution < -0.4 is 5.32 Å². The van der Waals surface area contributed by atoms with E-state index in [1.54, 1.807) is 6.92 Å². The van der Waals surface area contributed by atoms with E-state index in [1.807, 2.05) is 32.8 Å². The molecule has 0 bridgehead atoms. The first-order valence-electron chi connectivity index (χ1n) is 9.55. The number of carbonyl (C=O) groups excluding carboxylic acids is 1. The fraction of sp³-hybridized carbons (Fsp3) is 0.947. The summed E-state index contributed by atoms with van der Waals surface area (Å²) in [5.74, 6) is -0.0838. The molecule has 1 atom stereocenters. The molecule has 1 amide bonds.